The zero-order valence-corrected chi connectivity index (χ0v) is 13.7. The van der Waals surface area contributed by atoms with Crippen molar-refractivity contribution in [3.8, 4) is 0 Å². The Morgan fingerprint density at radius 2 is 1.77 bits per heavy atom. The summed E-state index contributed by atoms with van der Waals surface area (Å²) in [7, 11) is 0. The Morgan fingerprint density at radius 3 is 2.41 bits per heavy atom. The summed E-state index contributed by atoms with van der Waals surface area (Å²) in [5.74, 6) is 0.194. The Bertz CT molecular complexity index is 623. The topological polar surface area (TPSA) is 33.2 Å². The molecule has 2 aromatic rings. The van der Waals surface area contributed by atoms with Crippen molar-refractivity contribution in [2.45, 2.75) is 33.6 Å². The summed E-state index contributed by atoms with van der Waals surface area (Å²) in [6.07, 6.45) is 4.94. The van der Waals surface area contributed by atoms with E-state index in [1.54, 1.807) is 12.4 Å². The lowest BCUT2D eigenvalue weighted by molar-refractivity contribution is -0.130. The molecule has 3 nitrogen and oxygen atoms in total. The second kappa shape index (κ2) is 7.74. The molecule has 0 N–H and O–H groups in total. The van der Waals surface area contributed by atoms with E-state index in [0.717, 1.165) is 25.1 Å². The second-order valence-electron chi connectivity index (χ2n) is 5.67. The molecule has 1 aromatic carbocycles. The monoisotopic (exact) mass is 296 g/mol. The molecule has 1 amide bonds. The van der Waals surface area contributed by atoms with Crippen molar-refractivity contribution >= 4 is 5.91 Å². The number of aromatic nitrogens is 1. The normalized spacial score (nSPS) is 10.5. The van der Waals surface area contributed by atoms with Crippen LogP contribution >= 0.6 is 0 Å². The van der Waals surface area contributed by atoms with Crippen molar-refractivity contribution in [2.75, 3.05) is 13.1 Å². The van der Waals surface area contributed by atoms with E-state index in [1.165, 1.54) is 16.7 Å². The molecule has 0 radical (unpaired) electrons. The first kappa shape index (κ1) is 16.2. The molecule has 1 aromatic heterocycles. The van der Waals surface area contributed by atoms with Gasteiger partial charge in [-0.05, 0) is 61.6 Å². The molecular weight excluding hydrogens is 272 g/mol. The Labute approximate surface area is 133 Å². The van der Waals surface area contributed by atoms with Gasteiger partial charge in [0.05, 0.1) is 6.42 Å². The van der Waals surface area contributed by atoms with E-state index in [0.29, 0.717) is 6.42 Å². The summed E-state index contributed by atoms with van der Waals surface area (Å²) in [6.45, 7) is 7.71. The lowest BCUT2D eigenvalue weighted by Gasteiger charge is -2.21. The number of carbonyl (C=O) groups excluding carboxylic acids is 1. The van der Waals surface area contributed by atoms with Gasteiger partial charge in [0.25, 0.3) is 0 Å². The molecule has 0 saturated heterocycles. The van der Waals surface area contributed by atoms with E-state index in [2.05, 4.69) is 37.0 Å². The number of nitrogens with zero attached hydrogens (tertiary/aromatic N) is 2. The van der Waals surface area contributed by atoms with Gasteiger partial charge in [-0.1, -0.05) is 18.2 Å². The Hall–Kier alpha value is -2.16. The van der Waals surface area contributed by atoms with E-state index < -0.39 is 0 Å². The fraction of sp³-hybridized carbons (Fsp3) is 0.368. The summed E-state index contributed by atoms with van der Waals surface area (Å²) in [6, 6.07) is 10.3. The minimum atomic E-state index is 0.194. The first-order chi connectivity index (χ1) is 10.6. The van der Waals surface area contributed by atoms with Gasteiger partial charge in [-0.2, -0.15) is 0 Å². The van der Waals surface area contributed by atoms with Crippen LogP contribution in [0.4, 0.5) is 0 Å². The molecule has 0 aliphatic heterocycles. The number of hydrogen-bond acceptors (Lipinski definition) is 2. The molecule has 116 valence electrons. The summed E-state index contributed by atoms with van der Waals surface area (Å²) in [5.41, 5.74) is 4.81. The number of pyridine rings is 1. The minimum Gasteiger partial charge on any atom is -0.342 e. The van der Waals surface area contributed by atoms with Crippen LogP contribution in [0, 0.1) is 13.8 Å². The molecule has 0 atom stereocenters. The largest absolute Gasteiger partial charge is 0.342 e. The maximum atomic E-state index is 12.5. The van der Waals surface area contributed by atoms with E-state index in [-0.39, 0.29) is 5.91 Å². The zero-order valence-electron chi connectivity index (χ0n) is 13.7. The third-order valence-corrected chi connectivity index (χ3v) is 4.08. The smallest absolute Gasteiger partial charge is 0.226 e. The molecule has 2 rings (SSSR count). The maximum absolute atomic E-state index is 12.5. The van der Waals surface area contributed by atoms with Gasteiger partial charge in [0.15, 0.2) is 0 Å². The van der Waals surface area contributed by atoms with Gasteiger partial charge >= 0.3 is 0 Å². The number of aryl methyl sites for hydroxylation is 2. The lowest BCUT2D eigenvalue weighted by atomic mass is 10.0. The van der Waals surface area contributed by atoms with Crippen LogP contribution in [0.1, 0.15) is 29.2 Å². The quantitative estimate of drug-likeness (QED) is 0.819. The van der Waals surface area contributed by atoms with E-state index in [4.69, 9.17) is 0 Å². The minimum absolute atomic E-state index is 0.194. The van der Waals surface area contributed by atoms with Crippen molar-refractivity contribution in [2.24, 2.45) is 0 Å². The highest BCUT2D eigenvalue weighted by atomic mass is 16.2. The van der Waals surface area contributed by atoms with Crippen LogP contribution in [0.15, 0.2) is 42.7 Å². The first-order valence-electron chi connectivity index (χ1n) is 7.83. The van der Waals surface area contributed by atoms with Crippen molar-refractivity contribution in [3.63, 3.8) is 0 Å². The fourth-order valence-corrected chi connectivity index (χ4v) is 2.47. The summed E-state index contributed by atoms with van der Waals surface area (Å²) in [4.78, 5) is 18.4. The highest BCUT2D eigenvalue weighted by Gasteiger charge is 2.12. The molecule has 22 heavy (non-hydrogen) atoms. The van der Waals surface area contributed by atoms with Crippen LogP contribution < -0.4 is 0 Å². The van der Waals surface area contributed by atoms with Crippen molar-refractivity contribution < 1.29 is 4.79 Å². The van der Waals surface area contributed by atoms with Gasteiger partial charge in [-0.15, -0.1) is 0 Å². The molecular formula is C19H24N2O. The van der Waals surface area contributed by atoms with Gasteiger partial charge in [-0.25, -0.2) is 0 Å². The third kappa shape index (κ3) is 4.42. The number of likely N-dealkylation sites (N-methyl/N-ethyl adjacent to an activating group) is 1. The third-order valence-electron chi connectivity index (χ3n) is 4.08. The summed E-state index contributed by atoms with van der Waals surface area (Å²) < 4.78 is 0. The maximum Gasteiger partial charge on any atom is 0.226 e. The number of carbonyl (C=O) groups is 1. The van der Waals surface area contributed by atoms with Gasteiger partial charge in [0.1, 0.15) is 0 Å². The predicted octanol–water partition coefficient (Wildman–Crippen LogP) is 3.33. The molecule has 0 aliphatic carbocycles. The molecule has 3 heteroatoms. The molecule has 0 spiro atoms. The van der Waals surface area contributed by atoms with E-state index in [1.807, 2.05) is 24.0 Å². The van der Waals surface area contributed by atoms with Crippen LogP contribution in [0.5, 0.6) is 0 Å². The molecule has 0 unspecified atom stereocenters. The van der Waals surface area contributed by atoms with Crippen LogP contribution in [-0.2, 0) is 17.6 Å². The molecule has 0 aliphatic rings. The first-order valence-corrected chi connectivity index (χ1v) is 7.83. The van der Waals surface area contributed by atoms with E-state index >= 15 is 0 Å². The summed E-state index contributed by atoms with van der Waals surface area (Å²) >= 11 is 0. The number of benzene rings is 1. The van der Waals surface area contributed by atoms with Crippen LogP contribution in [0.25, 0.3) is 0 Å². The number of rotatable bonds is 6. The average molecular weight is 296 g/mol. The number of amides is 1. The van der Waals surface area contributed by atoms with Crippen molar-refractivity contribution in [1.29, 1.82) is 0 Å². The fourth-order valence-electron chi connectivity index (χ4n) is 2.47. The SMILES string of the molecule is CCN(CCc1ccncc1)C(=O)Cc1ccc(C)c(C)c1. The highest BCUT2D eigenvalue weighted by Crippen LogP contribution is 2.11. The van der Waals surface area contributed by atoms with Crippen LogP contribution in [0.3, 0.4) is 0 Å². The number of hydrogen-bond donors (Lipinski definition) is 0. The van der Waals surface area contributed by atoms with Crippen molar-refractivity contribution in [3.05, 3.63) is 65.0 Å². The van der Waals surface area contributed by atoms with Crippen molar-refractivity contribution in [1.82, 2.24) is 9.88 Å². The van der Waals surface area contributed by atoms with E-state index in [9.17, 15) is 4.79 Å². The predicted molar refractivity (Wildman–Crippen MR) is 89.8 cm³/mol. The standard InChI is InChI=1S/C19H24N2O/c1-4-21(12-9-17-7-10-20-11-8-17)19(22)14-18-6-5-15(2)16(3)13-18/h5-8,10-11,13H,4,9,12,14H2,1-3H3. The summed E-state index contributed by atoms with van der Waals surface area (Å²) in [5, 5.41) is 0. The Kier molecular flexibility index (Phi) is 5.70. The molecule has 0 bridgehead atoms. The lowest BCUT2D eigenvalue weighted by Crippen LogP contribution is -2.33. The average Bonchev–Trinajstić information content (AvgIpc) is 2.52. The highest BCUT2D eigenvalue weighted by molar-refractivity contribution is 5.78. The van der Waals surface area contributed by atoms with Gasteiger partial charge in [0, 0.05) is 25.5 Å². The van der Waals surface area contributed by atoms with Gasteiger partial charge in [-0.3, -0.25) is 9.78 Å². The Balaban J connectivity index is 1.95. The Morgan fingerprint density at radius 1 is 1.05 bits per heavy atom. The zero-order chi connectivity index (χ0) is 15.9. The van der Waals surface area contributed by atoms with Gasteiger partial charge in [0.2, 0.25) is 5.91 Å². The molecule has 0 fully saturated rings. The molecule has 0 saturated carbocycles. The van der Waals surface area contributed by atoms with Crippen LogP contribution in [-0.4, -0.2) is 28.9 Å². The second-order valence-corrected chi connectivity index (χ2v) is 5.67. The van der Waals surface area contributed by atoms with Gasteiger partial charge < -0.3 is 4.90 Å². The van der Waals surface area contributed by atoms with Crippen LogP contribution in [0.2, 0.25) is 0 Å². The molecule has 1 heterocycles.